The van der Waals surface area contributed by atoms with Crippen molar-refractivity contribution < 1.29 is 13.9 Å². The van der Waals surface area contributed by atoms with Gasteiger partial charge in [0.2, 0.25) is 0 Å². The second-order valence-electron chi connectivity index (χ2n) is 8.35. The molecule has 1 heterocycles. The Kier molecular flexibility index (Phi) is 5.97. The van der Waals surface area contributed by atoms with E-state index in [1.807, 2.05) is 54.6 Å². The first-order valence-corrected chi connectivity index (χ1v) is 11.9. The Morgan fingerprint density at radius 2 is 1.55 bits per heavy atom. The predicted octanol–water partition coefficient (Wildman–Crippen LogP) is 8.41. The van der Waals surface area contributed by atoms with Crippen molar-refractivity contribution in [3.8, 4) is 21.6 Å². The van der Waals surface area contributed by atoms with Crippen LogP contribution in [-0.4, -0.2) is 6.09 Å². The third kappa shape index (κ3) is 4.99. The summed E-state index contributed by atoms with van der Waals surface area (Å²) in [6.07, 6.45) is 1.56. The third-order valence-electron chi connectivity index (χ3n) is 5.93. The Morgan fingerprint density at radius 1 is 0.939 bits per heavy atom. The lowest BCUT2D eigenvalue weighted by molar-refractivity contribution is 0.121. The quantitative estimate of drug-likeness (QED) is 0.316. The Balaban J connectivity index is 1.30. The summed E-state index contributed by atoms with van der Waals surface area (Å²) in [6, 6.07) is 27.5. The molecule has 3 nitrogen and oxygen atoms in total. The summed E-state index contributed by atoms with van der Waals surface area (Å²) in [7, 11) is 0. The maximum Gasteiger partial charge on any atom is 0.412 e. The molecule has 33 heavy (non-hydrogen) atoms. The number of anilines is 1. The van der Waals surface area contributed by atoms with Crippen LogP contribution >= 0.6 is 11.3 Å². The van der Waals surface area contributed by atoms with E-state index in [-0.39, 0.29) is 5.13 Å². The van der Waals surface area contributed by atoms with E-state index in [1.165, 1.54) is 24.5 Å². The number of hydrogen-bond acceptors (Lipinski definition) is 3. The molecule has 1 aliphatic rings. The van der Waals surface area contributed by atoms with E-state index < -0.39 is 12.2 Å². The molecule has 5 heteroatoms. The first-order chi connectivity index (χ1) is 16.1. The summed E-state index contributed by atoms with van der Waals surface area (Å²) >= 11 is 1.00. The summed E-state index contributed by atoms with van der Waals surface area (Å²) < 4.78 is 19.6. The van der Waals surface area contributed by atoms with Crippen LogP contribution in [0.2, 0.25) is 0 Å². The molecule has 0 spiro atoms. The molecule has 1 aromatic heterocycles. The molecule has 1 atom stereocenters. The summed E-state index contributed by atoms with van der Waals surface area (Å²) in [4.78, 5) is 13.1. The van der Waals surface area contributed by atoms with Gasteiger partial charge in [-0.05, 0) is 53.5 Å². The van der Waals surface area contributed by atoms with E-state index in [9.17, 15) is 9.18 Å². The molecular formula is C28H24FNO2S. The van der Waals surface area contributed by atoms with E-state index in [2.05, 4.69) is 29.6 Å². The van der Waals surface area contributed by atoms with Crippen molar-refractivity contribution >= 4 is 23.1 Å². The van der Waals surface area contributed by atoms with Crippen molar-refractivity contribution in [1.29, 1.82) is 0 Å². The highest BCUT2D eigenvalue weighted by Crippen LogP contribution is 2.41. The number of nitrogens with one attached hydrogen (secondary N) is 1. The van der Waals surface area contributed by atoms with E-state index in [1.54, 1.807) is 6.92 Å². The van der Waals surface area contributed by atoms with Gasteiger partial charge in [-0.25, -0.2) is 4.79 Å². The average Bonchev–Trinajstić information content (AvgIpc) is 3.63. The number of ether oxygens (including phenoxy) is 1. The number of carbonyl (C=O) groups is 1. The highest BCUT2D eigenvalue weighted by molar-refractivity contribution is 7.14. The summed E-state index contributed by atoms with van der Waals surface area (Å²) in [5.74, 6) is 0.739. The Labute approximate surface area is 196 Å². The predicted molar refractivity (Wildman–Crippen MR) is 132 cm³/mol. The fraction of sp³-hybridized carbons (Fsp3) is 0.179. The number of amides is 1. The zero-order valence-electron chi connectivity index (χ0n) is 18.3. The molecule has 0 aliphatic heterocycles. The van der Waals surface area contributed by atoms with Crippen LogP contribution in [0.4, 0.5) is 14.9 Å². The Morgan fingerprint density at radius 3 is 2.18 bits per heavy atom. The van der Waals surface area contributed by atoms with Crippen LogP contribution < -0.4 is 5.32 Å². The van der Waals surface area contributed by atoms with Crippen molar-refractivity contribution in [2.45, 2.75) is 31.8 Å². The van der Waals surface area contributed by atoms with Crippen LogP contribution in [0.1, 0.15) is 42.9 Å². The highest BCUT2D eigenvalue weighted by Gasteiger charge is 2.23. The van der Waals surface area contributed by atoms with Gasteiger partial charge in [0.05, 0.1) is 10.6 Å². The minimum Gasteiger partial charge on any atom is -0.441 e. The van der Waals surface area contributed by atoms with Gasteiger partial charge in [-0.3, -0.25) is 5.32 Å². The van der Waals surface area contributed by atoms with Crippen molar-refractivity contribution in [3.05, 3.63) is 101 Å². The van der Waals surface area contributed by atoms with Gasteiger partial charge in [0.25, 0.3) is 0 Å². The van der Waals surface area contributed by atoms with Crippen molar-refractivity contribution in [3.63, 3.8) is 0 Å². The molecule has 1 aliphatic carbocycles. The summed E-state index contributed by atoms with van der Waals surface area (Å²) in [5.41, 5.74) is 5.81. The topological polar surface area (TPSA) is 38.3 Å². The number of rotatable bonds is 6. The number of carbonyl (C=O) groups excluding carboxylic acids is 1. The maximum absolute atomic E-state index is 14.1. The van der Waals surface area contributed by atoms with E-state index in [0.717, 1.165) is 39.5 Å². The highest BCUT2D eigenvalue weighted by atomic mass is 32.1. The van der Waals surface area contributed by atoms with Crippen LogP contribution in [0.3, 0.4) is 0 Å². The van der Waals surface area contributed by atoms with Crippen molar-refractivity contribution in [2.75, 3.05) is 5.32 Å². The average molecular weight is 458 g/mol. The van der Waals surface area contributed by atoms with Gasteiger partial charge in [0.1, 0.15) is 6.10 Å². The van der Waals surface area contributed by atoms with E-state index in [0.29, 0.717) is 10.6 Å². The fourth-order valence-electron chi connectivity index (χ4n) is 3.94. The first-order valence-electron chi connectivity index (χ1n) is 11.1. The van der Waals surface area contributed by atoms with Gasteiger partial charge in [-0.2, -0.15) is 4.39 Å². The molecule has 1 fully saturated rings. The monoisotopic (exact) mass is 457 g/mol. The lowest BCUT2D eigenvalue weighted by atomic mass is 10.0. The molecule has 166 valence electrons. The fourth-order valence-corrected chi connectivity index (χ4v) is 4.78. The van der Waals surface area contributed by atoms with Crippen molar-refractivity contribution in [1.82, 2.24) is 0 Å². The second kappa shape index (κ2) is 9.20. The molecule has 0 unspecified atom stereocenters. The molecule has 1 saturated carbocycles. The zero-order valence-corrected chi connectivity index (χ0v) is 19.1. The minimum absolute atomic E-state index is 0.365. The molecule has 0 saturated heterocycles. The van der Waals surface area contributed by atoms with Gasteiger partial charge < -0.3 is 4.74 Å². The molecule has 0 bridgehead atoms. The van der Waals surface area contributed by atoms with Crippen LogP contribution in [-0.2, 0) is 4.74 Å². The minimum atomic E-state index is -0.613. The summed E-state index contributed by atoms with van der Waals surface area (Å²) in [6.45, 7) is 1.81. The van der Waals surface area contributed by atoms with Crippen molar-refractivity contribution in [2.24, 2.45) is 0 Å². The van der Waals surface area contributed by atoms with Gasteiger partial charge in [0.15, 0.2) is 5.13 Å². The maximum atomic E-state index is 14.1. The zero-order chi connectivity index (χ0) is 22.8. The van der Waals surface area contributed by atoms with Gasteiger partial charge >= 0.3 is 6.09 Å². The standard InChI is InChI=1S/C28H24FNO2S/c1-18(19-5-3-2-4-6-19)32-28(31)30-25-17-26(29)33-27(25)24-15-13-23(14-16-24)22-11-9-21(10-12-22)20-7-8-20/h2-6,9-18,20H,7-8H2,1H3,(H,30,31)/t18-/m1/s1. The number of hydrogen-bond donors (Lipinski definition) is 1. The first kappa shape index (κ1) is 21.4. The van der Waals surface area contributed by atoms with Gasteiger partial charge in [0, 0.05) is 6.07 Å². The molecule has 1 amide bonds. The molecule has 3 aromatic carbocycles. The lowest BCUT2D eigenvalue weighted by Crippen LogP contribution is -2.16. The Bertz CT molecular complexity index is 1250. The van der Waals surface area contributed by atoms with E-state index in [4.69, 9.17) is 4.74 Å². The molecular weight excluding hydrogens is 433 g/mol. The number of benzene rings is 3. The van der Waals surface area contributed by atoms with Crippen LogP contribution in [0.5, 0.6) is 0 Å². The van der Waals surface area contributed by atoms with Crippen LogP contribution in [0.15, 0.2) is 84.9 Å². The van der Waals surface area contributed by atoms with Crippen LogP contribution in [0.25, 0.3) is 21.6 Å². The molecule has 1 N–H and O–H groups in total. The normalized spacial score (nSPS) is 14.0. The smallest absolute Gasteiger partial charge is 0.412 e. The third-order valence-corrected chi connectivity index (χ3v) is 6.90. The van der Waals surface area contributed by atoms with Gasteiger partial charge in [-0.15, -0.1) is 11.3 Å². The number of thiophene rings is 1. The second-order valence-corrected chi connectivity index (χ2v) is 9.35. The number of halogens is 1. The van der Waals surface area contributed by atoms with Gasteiger partial charge in [-0.1, -0.05) is 78.9 Å². The van der Waals surface area contributed by atoms with Crippen LogP contribution in [0, 0.1) is 5.13 Å². The Hall–Kier alpha value is -3.44. The molecule has 4 aromatic rings. The molecule has 0 radical (unpaired) electrons. The summed E-state index contributed by atoms with van der Waals surface area (Å²) in [5, 5.41) is 2.34. The SMILES string of the molecule is C[C@@H](OC(=O)Nc1cc(F)sc1-c1ccc(-c2ccc(C3CC3)cc2)cc1)c1ccccc1. The largest absolute Gasteiger partial charge is 0.441 e. The van der Waals surface area contributed by atoms with E-state index >= 15 is 0 Å². The molecule has 5 rings (SSSR count). The lowest BCUT2D eigenvalue weighted by Gasteiger charge is -2.14.